The van der Waals surface area contributed by atoms with Gasteiger partial charge < -0.3 is 10.6 Å². The van der Waals surface area contributed by atoms with Gasteiger partial charge in [-0.2, -0.15) is 11.8 Å². The van der Waals surface area contributed by atoms with E-state index in [1.54, 1.807) is 6.33 Å². The highest BCUT2D eigenvalue weighted by Gasteiger charge is 2.29. The lowest BCUT2D eigenvalue weighted by Gasteiger charge is -2.25. The van der Waals surface area contributed by atoms with Gasteiger partial charge in [-0.25, -0.2) is 9.97 Å². The quantitative estimate of drug-likeness (QED) is 0.866. The lowest BCUT2D eigenvalue weighted by atomic mass is 10.0. The first-order chi connectivity index (χ1) is 9.06. The van der Waals surface area contributed by atoms with Crippen LogP contribution in [0.5, 0.6) is 0 Å². The standard InChI is InChI=1S/C14H24N4S/c1-10(2)11-12(15-4)17-9-18-13(11)16-8-14(3)6-5-7-19-14/h9-10H,5-8H2,1-4H3,(H2,15,16,17,18). The molecular formula is C14H24N4S. The summed E-state index contributed by atoms with van der Waals surface area (Å²) >= 11 is 2.07. The Labute approximate surface area is 120 Å². The highest BCUT2D eigenvalue weighted by Crippen LogP contribution is 2.38. The van der Waals surface area contributed by atoms with Crippen molar-refractivity contribution in [1.29, 1.82) is 0 Å². The van der Waals surface area contributed by atoms with Crippen molar-refractivity contribution in [2.45, 2.75) is 44.3 Å². The maximum Gasteiger partial charge on any atom is 0.135 e. The summed E-state index contributed by atoms with van der Waals surface area (Å²) in [6.45, 7) is 7.66. The van der Waals surface area contributed by atoms with E-state index >= 15 is 0 Å². The average Bonchev–Trinajstić information content (AvgIpc) is 2.83. The zero-order chi connectivity index (χ0) is 13.9. The van der Waals surface area contributed by atoms with Gasteiger partial charge in [-0.05, 0) is 31.4 Å². The maximum atomic E-state index is 4.43. The molecular weight excluding hydrogens is 256 g/mol. The summed E-state index contributed by atoms with van der Waals surface area (Å²) in [5.74, 6) is 3.58. The van der Waals surface area contributed by atoms with Crippen LogP contribution in [-0.2, 0) is 0 Å². The third kappa shape index (κ3) is 3.32. The van der Waals surface area contributed by atoms with E-state index < -0.39 is 0 Å². The summed E-state index contributed by atoms with van der Waals surface area (Å²) in [7, 11) is 1.91. The molecule has 19 heavy (non-hydrogen) atoms. The minimum absolute atomic E-state index is 0.346. The average molecular weight is 280 g/mol. The monoisotopic (exact) mass is 280 g/mol. The van der Waals surface area contributed by atoms with E-state index in [1.807, 2.05) is 7.05 Å². The lowest BCUT2D eigenvalue weighted by Crippen LogP contribution is -2.28. The van der Waals surface area contributed by atoms with Gasteiger partial charge in [0.1, 0.15) is 18.0 Å². The molecule has 1 aliphatic heterocycles. The number of hydrogen-bond donors (Lipinski definition) is 2. The van der Waals surface area contributed by atoms with E-state index in [0.717, 1.165) is 18.2 Å². The van der Waals surface area contributed by atoms with Crippen molar-refractivity contribution < 1.29 is 0 Å². The number of rotatable bonds is 5. The molecule has 4 nitrogen and oxygen atoms in total. The van der Waals surface area contributed by atoms with E-state index in [0.29, 0.717) is 10.7 Å². The largest absolute Gasteiger partial charge is 0.373 e. The molecule has 106 valence electrons. The van der Waals surface area contributed by atoms with Crippen LogP contribution < -0.4 is 10.6 Å². The van der Waals surface area contributed by atoms with E-state index in [4.69, 9.17) is 0 Å². The molecule has 1 saturated heterocycles. The van der Waals surface area contributed by atoms with Crippen molar-refractivity contribution >= 4 is 23.4 Å². The molecule has 0 amide bonds. The van der Waals surface area contributed by atoms with Crippen molar-refractivity contribution in [1.82, 2.24) is 9.97 Å². The number of thioether (sulfide) groups is 1. The van der Waals surface area contributed by atoms with Crippen molar-refractivity contribution in [2.24, 2.45) is 0 Å². The summed E-state index contributed by atoms with van der Waals surface area (Å²) in [5, 5.41) is 6.70. The molecule has 5 heteroatoms. The Hall–Kier alpha value is -0.970. The fourth-order valence-electron chi connectivity index (χ4n) is 2.53. The van der Waals surface area contributed by atoms with Crippen LogP contribution in [0.1, 0.15) is 45.1 Å². The molecule has 2 heterocycles. The Morgan fingerprint density at radius 1 is 1.37 bits per heavy atom. The van der Waals surface area contributed by atoms with Crippen LogP contribution in [0.4, 0.5) is 11.6 Å². The van der Waals surface area contributed by atoms with Gasteiger partial charge in [0.2, 0.25) is 0 Å². The molecule has 0 bridgehead atoms. The molecule has 2 N–H and O–H groups in total. The van der Waals surface area contributed by atoms with Gasteiger partial charge in [-0.15, -0.1) is 0 Å². The minimum atomic E-state index is 0.346. The number of nitrogens with one attached hydrogen (secondary N) is 2. The van der Waals surface area contributed by atoms with Crippen LogP contribution in [0, 0.1) is 0 Å². The summed E-state index contributed by atoms with van der Waals surface area (Å²) < 4.78 is 0.346. The zero-order valence-corrected chi connectivity index (χ0v) is 13.1. The second kappa shape index (κ2) is 5.99. The van der Waals surface area contributed by atoms with Crippen LogP contribution in [0.15, 0.2) is 6.33 Å². The van der Waals surface area contributed by atoms with Gasteiger partial charge in [0.15, 0.2) is 0 Å². The second-order valence-corrected chi connectivity index (χ2v) is 7.33. The highest BCUT2D eigenvalue weighted by atomic mass is 32.2. The summed E-state index contributed by atoms with van der Waals surface area (Å²) in [6.07, 6.45) is 4.24. The number of anilines is 2. The fraction of sp³-hybridized carbons (Fsp3) is 0.714. The van der Waals surface area contributed by atoms with Gasteiger partial charge in [0.05, 0.1) is 0 Å². The third-order valence-electron chi connectivity index (χ3n) is 3.63. The van der Waals surface area contributed by atoms with E-state index in [2.05, 4.69) is 53.1 Å². The van der Waals surface area contributed by atoms with Gasteiger partial charge in [-0.1, -0.05) is 13.8 Å². The lowest BCUT2D eigenvalue weighted by molar-refractivity contribution is 0.632. The van der Waals surface area contributed by atoms with E-state index in [1.165, 1.54) is 24.2 Å². The van der Waals surface area contributed by atoms with Crippen molar-refractivity contribution in [3.05, 3.63) is 11.9 Å². The number of aromatic nitrogens is 2. The molecule has 0 spiro atoms. The van der Waals surface area contributed by atoms with Crippen LogP contribution in [0.25, 0.3) is 0 Å². The first kappa shape index (κ1) is 14.4. The third-order valence-corrected chi connectivity index (χ3v) is 5.17. The molecule has 1 aromatic heterocycles. The molecule has 1 aliphatic rings. The van der Waals surface area contributed by atoms with E-state index in [-0.39, 0.29) is 0 Å². The molecule has 0 aliphatic carbocycles. The molecule has 0 radical (unpaired) electrons. The Bertz CT molecular complexity index is 427. The summed E-state index contributed by atoms with van der Waals surface area (Å²) in [6, 6.07) is 0. The Balaban J connectivity index is 2.15. The van der Waals surface area contributed by atoms with Crippen LogP contribution >= 0.6 is 11.8 Å². The van der Waals surface area contributed by atoms with Gasteiger partial charge in [0, 0.05) is 23.9 Å². The number of hydrogen-bond acceptors (Lipinski definition) is 5. The SMILES string of the molecule is CNc1ncnc(NCC2(C)CCCS2)c1C(C)C. The summed E-state index contributed by atoms with van der Waals surface area (Å²) in [5.41, 5.74) is 1.18. The predicted octanol–water partition coefficient (Wildman–Crippen LogP) is 3.34. The van der Waals surface area contributed by atoms with Crippen molar-refractivity contribution in [2.75, 3.05) is 30.0 Å². The molecule has 1 unspecified atom stereocenters. The first-order valence-electron chi connectivity index (χ1n) is 6.96. The fourth-order valence-corrected chi connectivity index (χ4v) is 3.77. The Morgan fingerprint density at radius 2 is 2.11 bits per heavy atom. The van der Waals surface area contributed by atoms with E-state index in [9.17, 15) is 0 Å². The Kier molecular flexibility index (Phi) is 4.55. The minimum Gasteiger partial charge on any atom is -0.373 e. The van der Waals surface area contributed by atoms with Crippen LogP contribution in [0.3, 0.4) is 0 Å². The smallest absolute Gasteiger partial charge is 0.135 e. The maximum absolute atomic E-state index is 4.43. The topological polar surface area (TPSA) is 49.8 Å². The molecule has 1 fully saturated rings. The molecule has 0 saturated carbocycles. The molecule has 0 aromatic carbocycles. The normalized spacial score (nSPS) is 22.8. The number of nitrogens with zero attached hydrogens (tertiary/aromatic N) is 2. The van der Waals surface area contributed by atoms with Gasteiger partial charge >= 0.3 is 0 Å². The second-order valence-electron chi connectivity index (χ2n) is 5.64. The first-order valence-corrected chi connectivity index (χ1v) is 7.95. The van der Waals surface area contributed by atoms with Crippen LogP contribution in [0.2, 0.25) is 0 Å². The van der Waals surface area contributed by atoms with Crippen molar-refractivity contribution in [3.8, 4) is 0 Å². The van der Waals surface area contributed by atoms with Crippen molar-refractivity contribution in [3.63, 3.8) is 0 Å². The molecule has 1 aromatic rings. The zero-order valence-electron chi connectivity index (χ0n) is 12.3. The highest BCUT2D eigenvalue weighted by molar-refractivity contribution is 8.00. The van der Waals surface area contributed by atoms with Crippen LogP contribution in [-0.4, -0.2) is 34.1 Å². The van der Waals surface area contributed by atoms with Gasteiger partial charge in [0.25, 0.3) is 0 Å². The molecule has 2 rings (SSSR count). The predicted molar refractivity (Wildman–Crippen MR) is 84.3 cm³/mol. The Morgan fingerprint density at radius 3 is 2.68 bits per heavy atom. The molecule has 1 atom stereocenters. The summed E-state index contributed by atoms with van der Waals surface area (Å²) in [4.78, 5) is 8.74. The van der Waals surface area contributed by atoms with Gasteiger partial charge in [-0.3, -0.25) is 0 Å².